The number of hydrogen-bond donors (Lipinski definition) is 0. The van der Waals surface area contributed by atoms with Gasteiger partial charge in [-0.25, -0.2) is 4.99 Å². The lowest BCUT2D eigenvalue weighted by Gasteiger charge is -2.22. The third kappa shape index (κ3) is 1.69. The van der Waals surface area contributed by atoms with Crippen molar-refractivity contribution in [3.05, 3.63) is 48.6 Å². The van der Waals surface area contributed by atoms with Crippen LogP contribution in [-0.4, -0.2) is 25.1 Å². The largest absolute Gasteiger partial charge is 0.313 e. The number of nitrogens with zero attached hydrogens (tertiary/aromatic N) is 3. The molecule has 0 N–H and O–H groups in total. The van der Waals surface area contributed by atoms with Gasteiger partial charge in [-0.3, -0.25) is 0 Å². The summed E-state index contributed by atoms with van der Waals surface area (Å²) >= 11 is 0. The molecule has 2 atom stereocenters. The van der Waals surface area contributed by atoms with Gasteiger partial charge in [0.2, 0.25) is 5.96 Å². The Labute approximate surface area is 114 Å². The molecule has 0 saturated carbocycles. The Hall–Kier alpha value is -2.03. The molecule has 0 fully saturated rings. The first-order chi connectivity index (χ1) is 9.13. The minimum absolute atomic E-state index is 0.266. The van der Waals surface area contributed by atoms with Gasteiger partial charge in [-0.05, 0) is 31.5 Å². The van der Waals surface area contributed by atoms with E-state index in [4.69, 9.17) is 4.99 Å². The zero-order valence-electron chi connectivity index (χ0n) is 11.7. The second-order valence-electron chi connectivity index (χ2n) is 5.20. The minimum atomic E-state index is 0.266. The van der Waals surface area contributed by atoms with E-state index < -0.39 is 0 Å². The van der Waals surface area contributed by atoms with Crippen molar-refractivity contribution in [2.75, 3.05) is 16.8 Å². The van der Waals surface area contributed by atoms with Crippen molar-refractivity contribution in [1.29, 1.82) is 0 Å². The average molecular weight is 253 g/mol. The summed E-state index contributed by atoms with van der Waals surface area (Å²) in [6.45, 7) is 8.04. The van der Waals surface area contributed by atoms with Crippen LogP contribution in [0.15, 0.2) is 48.0 Å². The molecule has 0 aromatic heterocycles. The van der Waals surface area contributed by atoms with E-state index in [-0.39, 0.29) is 12.1 Å². The molecule has 0 radical (unpaired) electrons. The van der Waals surface area contributed by atoms with E-state index >= 15 is 0 Å². The van der Waals surface area contributed by atoms with Crippen LogP contribution in [0, 0.1) is 6.92 Å². The first kappa shape index (κ1) is 12.0. The highest BCUT2D eigenvalue weighted by Gasteiger charge is 2.41. The van der Waals surface area contributed by atoms with E-state index in [0.29, 0.717) is 0 Å². The number of aryl methyl sites for hydroxylation is 1. The van der Waals surface area contributed by atoms with Crippen LogP contribution in [0.4, 0.5) is 11.4 Å². The predicted molar refractivity (Wildman–Crippen MR) is 82.1 cm³/mol. The summed E-state index contributed by atoms with van der Waals surface area (Å²) in [5.74, 6) is 1.05. The van der Waals surface area contributed by atoms with Crippen molar-refractivity contribution >= 4 is 17.3 Å². The van der Waals surface area contributed by atoms with Crippen LogP contribution in [0.1, 0.15) is 12.5 Å². The fraction of sp³-hybridized carbons (Fsp3) is 0.312. The van der Waals surface area contributed by atoms with Crippen LogP contribution in [0.2, 0.25) is 0 Å². The fourth-order valence-electron chi connectivity index (χ4n) is 2.84. The summed E-state index contributed by atoms with van der Waals surface area (Å²) in [5, 5.41) is 0. The van der Waals surface area contributed by atoms with Crippen LogP contribution >= 0.6 is 0 Å². The van der Waals surface area contributed by atoms with Crippen LogP contribution in [0.3, 0.4) is 0 Å². The Bertz CT molecular complexity index is 586. The number of anilines is 2. The van der Waals surface area contributed by atoms with Gasteiger partial charge in [-0.1, -0.05) is 30.9 Å². The van der Waals surface area contributed by atoms with Gasteiger partial charge >= 0.3 is 0 Å². The highest BCUT2D eigenvalue weighted by atomic mass is 15.5. The van der Waals surface area contributed by atoms with Crippen LogP contribution < -0.4 is 9.80 Å². The molecule has 2 heterocycles. The van der Waals surface area contributed by atoms with Gasteiger partial charge in [0.15, 0.2) is 0 Å². The Morgan fingerprint density at radius 1 is 1.32 bits per heavy atom. The molecule has 3 rings (SSSR count). The van der Waals surface area contributed by atoms with E-state index in [9.17, 15) is 0 Å². The standard InChI is InChI=1S/C16H19N3/c1-5-6-7-13-12(3)17-16-18(4)14-9-8-11(2)10-15(14)19(13)16/h5-10,12-13H,1H2,2-4H3/b7-6-. The SMILES string of the molecule is C=C/C=C\C1C(C)N=C2N(C)c3ccc(C)cc3N21. The summed E-state index contributed by atoms with van der Waals surface area (Å²) in [6.07, 6.45) is 6.01. The molecule has 0 spiro atoms. The maximum absolute atomic E-state index is 4.79. The molecule has 3 nitrogen and oxygen atoms in total. The maximum Gasteiger partial charge on any atom is 0.206 e. The van der Waals surface area contributed by atoms with Crippen LogP contribution in [-0.2, 0) is 0 Å². The molecule has 2 aliphatic rings. The Morgan fingerprint density at radius 3 is 2.84 bits per heavy atom. The molecule has 0 aliphatic carbocycles. The number of guanidine groups is 1. The summed E-state index contributed by atoms with van der Waals surface area (Å²) < 4.78 is 0. The van der Waals surface area contributed by atoms with Crippen molar-refractivity contribution in [1.82, 2.24) is 0 Å². The molecule has 2 aliphatic heterocycles. The van der Waals surface area contributed by atoms with Gasteiger partial charge in [0.05, 0.1) is 23.5 Å². The predicted octanol–water partition coefficient (Wildman–Crippen LogP) is 3.12. The van der Waals surface area contributed by atoms with Gasteiger partial charge < -0.3 is 9.80 Å². The summed E-state index contributed by atoms with van der Waals surface area (Å²) in [6, 6.07) is 7.10. The second-order valence-corrected chi connectivity index (χ2v) is 5.20. The lowest BCUT2D eigenvalue weighted by molar-refractivity contribution is 0.691. The molecular formula is C16H19N3. The molecule has 19 heavy (non-hydrogen) atoms. The molecule has 0 amide bonds. The smallest absolute Gasteiger partial charge is 0.206 e. The third-order valence-corrected chi connectivity index (χ3v) is 3.82. The number of fused-ring (bicyclic) bond motifs is 3. The second kappa shape index (κ2) is 4.26. The van der Waals surface area contributed by atoms with Gasteiger partial charge in [0.1, 0.15) is 0 Å². The number of hydrogen-bond acceptors (Lipinski definition) is 3. The van der Waals surface area contributed by atoms with E-state index in [1.165, 1.54) is 16.9 Å². The fourth-order valence-corrected chi connectivity index (χ4v) is 2.84. The van der Waals surface area contributed by atoms with Crippen molar-refractivity contribution in [3.63, 3.8) is 0 Å². The van der Waals surface area contributed by atoms with Crippen molar-refractivity contribution in [2.24, 2.45) is 4.99 Å². The van der Waals surface area contributed by atoms with E-state index in [2.05, 4.69) is 61.5 Å². The lowest BCUT2D eigenvalue weighted by atomic mass is 10.1. The van der Waals surface area contributed by atoms with Crippen LogP contribution in [0.25, 0.3) is 0 Å². The summed E-state index contributed by atoms with van der Waals surface area (Å²) in [5.41, 5.74) is 3.76. The highest BCUT2D eigenvalue weighted by Crippen LogP contribution is 2.42. The summed E-state index contributed by atoms with van der Waals surface area (Å²) in [4.78, 5) is 9.29. The maximum atomic E-state index is 4.79. The van der Waals surface area contributed by atoms with E-state index in [0.717, 1.165) is 5.96 Å². The topological polar surface area (TPSA) is 18.8 Å². The molecule has 1 aromatic rings. The normalized spacial score (nSPS) is 24.7. The quantitative estimate of drug-likeness (QED) is 0.754. The zero-order chi connectivity index (χ0) is 13.6. The van der Waals surface area contributed by atoms with Crippen molar-refractivity contribution in [2.45, 2.75) is 25.9 Å². The number of aliphatic imine (C=N–C) groups is 1. The van der Waals surface area contributed by atoms with Gasteiger partial charge in [-0.2, -0.15) is 0 Å². The van der Waals surface area contributed by atoms with Crippen molar-refractivity contribution in [3.8, 4) is 0 Å². The first-order valence-corrected chi connectivity index (χ1v) is 6.64. The Morgan fingerprint density at radius 2 is 2.11 bits per heavy atom. The molecule has 98 valence electrons. The van der Waals surface area contributed by atoms with E-state index in [1.807, 2.05) is 12.2 Å². The average Bonchev–Trinajstić information content (AvgIpc) is 2.84. The monoisotopic (exact) mass is 253 g/mol. The van der Waals surface area contributed by atoms with Gasteiger partial charge in [0.25, 0.3) is 0 Å². The zero-order valence-corrected chi connectivity index (χ0v) is 11.7. The third-order valence-electron chi connectivity index (χ3n) is 3.82. The minimum Gasteiger partial charge on any atom is -0.313 e. The molecule has 0 saturated heterocycles. The van der Waals surface area contributed by atoms with Crippen molar-refractivity contribution < 1.29 is 0 Å². The molecule has 3 heteroatoms. The Kier molecular flexibility index (Phi) is 2.70. The molecule has 1 aromatic carbocycles. The van der Waals surface area contributed by atoms with Gasteiger partial charge in [-0.15, -0.1) is 0 Å². The number of allylic oxidation sites excluding steroid dienone is 2. The highest BCUT2D eigenvalue weighted by molar-refractivity contribution is 6.17. The number of benzene rings is 1. The molecule has 0 bridgehead atoms. The molecular weight excluding hydrogens is 234 g/mol. The van der Waals surface area contributed by atoms with Gasteiger partial charge in [0, 0.05) is 7.05 Å². The molecule has 2 unspecified atom stereocenters. The lowest BCUT2D eigenvalue weighted by Crippen LogP contribution is -2.39. The number of rotatable bonds is 2. The van der Waals surface area contributed by atoms with E-state index in [1.54, 1.807) is 0 Å². The Balaban J connectivity index is 2.09. The first-order valence-electron chi connectivity index (χ1n) is 6.64. The van der Waals surface area contributed by atoms with Crippen LogP contribution in [0.5, 0.6) is 0 Å². The summed E-state index contributed by atoms with van der Waals surface area (Å²) in [7, 11) is 2.08.